The molecule has 0 atom stereocenters. The molecule has 0 aliphatic rings. The molecule has 0 aromatic heterocycles. The van der Waals surface area contributed by atoms with Crippen LogP contribution in [0.15, 0.2) is 0 Å². The van der Waals surface area contributed by atoms with Crippen molar-refractivity contribution in [3.63, 3.8) is 0 Å². The van der Waals surface area contributed by atoms with Crippen molar-refractivity contribution in [3.05, 3.63) is 0 Å². The molecular formula is C6H16MgO3. The van der Waals surface area contributed by atoms with E-state index in [4.69, 9.17) is 14.6 Å². The minimum Gasteiger partial charge on any atom is -0.391 e. The highest BCUT2D eigenvalue weighted by Crippen LogP contribution is 1.91. The molecule has 0 heterocycles. The summed E-state index contributed by atoms with van der Waals surface area (Å²) in [6.45, 7) is 4.81. The Morgan fingerprint density at radius 2 is 1.60 bits per heavy atom. The summed E-state index contributed by atoms with van der Waals surface area (Å²) in [5.41, 5.74) is 0. The zero-order valence-electron chi connectivity index (χ0n) is 5.96. The minimum atomic E-state index is -0.431. The van der Waals surface area contributed by atoms with Gasteiger partial charge < -0.3 is 14.6 Å². The van der Waals surface area contributed by atoms with Gasteiger partial charge in [-0.25, -0.2) is 0 Å². The molecule has 3 nitrogen and oxygen atoms in total. The third-order valence-corrected chi connectivity index (χ3v) is 0.854. The molecule has 0 aliphatic heterocycles. The van der Waals surface area contributed by atoms with Gasteiger partial charge in [-0.3, -0.25) is 0 Å². The summed E-state index contributed by atoms with van der Waals surface area (Å²) in [7, 11) is 0. The van der Waals surface area contributed by atoms with Crippen LogP contribution in [0.2, 0.25) is 0 Å². The van der Waals surface area contributed by atoms with Gasteiger partial charge in [0, 0.05) is 13.2 Å². The van der Waals surface area contributed by atoms with Gasteiger partial charge in [-0.1, -0.05) is 0 Å². The van der Waals surface area contributed by atoms with Crippen LogP contribution in [0.1, 0.15) is 13.8 Å². The van der Waals surface area contributed by atoms with Gasteiger partial charge in [0.25, 0.3) is 0 Å². The van der Waals surface area contributed by atoms with Crippen LogP contribution >= 0.6 is 0 Å². The molecule has 4 heteroatoms. The van der Waals surface area contributed by atoms with E-state index in [1.807, 2.05) is 13.8 Å². The fourth-order valence-corrected chi connectivity index (χ4v) is 0.525. The molecule has 0 aromatic carbocycles. The van der Waals surface area contributed by atoms with Crippen LogP contribution < -0.4 is 0 Å². The maximum atomic E-state index is 8.54. The van der Waals surface area contributed by atoms with E-state index in [9.17, 15) is 0 Å². The second-order valence-electron chi connectivity index (χ2n) is 1.52. The van der Waals surface area contributed by atoms with Crippen LogP contribution in [0.5, 0.6) is 0 Å². The van der Waals surface area contributed by atoms with Crippen molar-refractivity contribution in [1.29, 1.82) is 0 Å². The molecule has 0 unspecified atom stereocenters. The first kappa shape index (κ1) is 13.3. The van der Waals surface area contributed by atoms with Gasteiger partial charge >= 0.3 is 23.1 Å². The van der Waals surface area contributed by atoms with E-state index in [0.29, 0.717) is 13.2 Å². The van der Waals surface area contributed by atoms with E-state index in [1.165, 1.54) is 0 Å². The molecule has 0 spiro atoms. The first-order chi connectivity index (χ1) is 4.35. The molecule has 60 valence electrons. The van der Waals surface area contributed by atoms with Crippen LogP contribution in [0.4, 0.5) is 0 Å². The summed E-state index contributed by atoms with van der Waals surface area (Å²) in [6, 6.07) is 0. The average Bonchev–Trinajstić information content (AvgIpc) is 1.88. The highest BCUT2D eigenvalue weighted by molar-refractivity contribution is 5.75. The zero-order chi connectivity index (χ0) is 7.11. The van der Waals surface area contributed by atoms with Gasteiger partial charge in [-0.15, -0.1) is 0 Å². The van der Waals surface area contributed by atoms with Crippen molar-refractivity contribution < 1.29 is 14.6 Å². The molecule has 10 heavy (non-hydrogen) atoms. The second-order valence-corrected chi connectivity index (χ2v) is 1.52. The largest absolute Gasteiger partial charge is 0.391 e. The van der Waals surface area contributed by atoms with Gasteiger partial charge in [0.05, 0.1) is 6.61 Å². The normalized spacial score (nSPS) is 9.60. The third kappa shape index (κ3) is 6.76. The zero-order valence-corrected chi connectivity index (χ0v) is 5.96. The minimum absolute atomic E-state index is 0. The van der Waals surface area contributed by atoms with E-state index >= 15 is 0 Å². The Hall–Kier alpha value is 0.646. The van der Waals surface area contributed by atoms with Crippen molar-refractivity contribution in [2.75, 3.05) is 19.8 Å². The summed E-state index contributed by atoms with van der Waals surface area (Å²) in [5.74, 6) is 0. The number of ether oxygens (including phenoxy) is 2. The maximum absolute atomic E-state index is 8.54. The summed E-state index contributed by atoms with van der Waals surface area (Å²) in [4.78, 5) is 0. The third-order valence-electron chi connectivity index (χ3n) is 0.854. The molecule has 0 amide bonds. The molecule has 1 N–H and O–H groups in total. The van der Waals surface area contributed by atoms with Crippen molar-refractivity contribution in [3.8, 4) is 0 Å². The number of aliphatic hydroxyl groups is 1. The van der Waals surface area contributed by atoms with Gasteiger partial charge in [0.1, 0.15) is 0 Å². The standard InChI is InChI=1S/C6H14O3.Mg.2H/c1-3-8-6(5-7)9-4-2;;;/h6-7H,3-5H2,1-2H3;;;. The van der Waals surface area contributed by atoms with Gasteiger partial charge in [-0.05, 0) is 13.8 Å². The van der Waals surface area contributed by atoms with Gasteiger partial charge in [0.15, 0.2) is 6.29 Å². The summed E-state index contributed by atoms with van der Waals surface area (Å²) < 4.78 is 9.92. The highest BCUT2D eigenvalue weighted by atomic mass is 24.3. The predicted molar refractivity (Wildman–Crippen MR) is 42.7 cm³/mol. The molecular weight excluding hydrogens is 144 g/mol. The monoisotopic (exact) mass is 160 g/mol. The quantitative estimate of drug-likeness (QED) is 0.434. The van der Waals surface area contributed by atoms with Crippen LogP contribution in [-0.2, 0) is 9.47 Å². The van der Waals surface area contributed by atoms with E-state index in [-0.39, 0.29) is 29.7 Å². The summed E-state index contributed by atoms with van der Waals surface area (Å²) in [5, 5.41) is 8.54. The fourth-order valence-electron chi connectivity index (χ4n) is 0.525. The Morgan fingerprint density at radius 1 is 1.20 bits per heavy atom. The van der Waals surface area contributed by atoms with E-state index in [2.05, 4.69) is 0 Å². The molecule has 0 aromatic rings. The summed E-state index contributed by atoms with van der Waals surface area (Å²) >= 11 is 0. The fraction of sp³-hybridized carbons (Fsp3) is 1.00. The maximum Gasteiger partial charge on any atom is 0.316 e. The molecule has 0 aliphatic carbocycles. The smallest absolute Gasteiger partial charge is 0.316 e. The highest BCUT2D eigenvalue weighted by Gasteiger charge is 2.02. The van der Waals surface area contributed by atoms with Crippen LogP contribution in [-0.4, -0.2) is 54.3 Å². The number of hydrogen-bond acceptors (Lipinski definition) is 3. The number of aliphatic hydroxyl groups excluding tert-OH is 1. The Morgan fingerprint density at radius 3 is 1.80 bits per heavy atom. The average molecular weight is 160 g/mol. The molecule has 0 saturated carbocycles. The van der Waals surface area contributed by atoms with Crippen molar-refractivity contribution in [2.24, 2.45) is 0 Å². The Bertz CT molecular complexity index is 55.0. The second kappa shape index (κ2) is 9.65. The lowest BCUT2D eigenvalue weighted by atomic mass is 10.6. The Balaban J connectivity index is 0. The lowest BCUT2D eigenvalue weighted by Gasteiger charge is -2.12. The topological polar surface area (TPSA) is 38.7 Å². The predicted octanol–water partition coefficient (Wildman–Crippen LogP) is -0.538. The van der Waals surface area contributed by atoms with Crippen molar-refractivity contribution in [1.82, 2.24) is 0 Å². The number of hydrogen-bond donors (Lipinski definition) is 1. The first-order valence-corrected chi connectivity index (χ1v) is 3.19. The van der Waals surface area contributed by atoms with Crippen LogP contribution in [0.3, 0.4) is 0 Å². The van der Waals surface area contributed by atoms with Crippen LogP contribution in [0.25, 0.3) is 0 Å². The lowest BCUT2D eigenvalue weighted by Crippen LogP contribution is -2.21. The first-order valence-electron chi connectivity index (χ1n) is 3.19. The van der Waals surface area contributed by atoms with E-state index < -0.39 is 6.29 Å². The van der Waals surface area contributed by atoms with E-state index in [0.717, 1.165) is 0 Å². The van der Waals surface area contributed by atoms with Crippen LogP contribution in [0, 0.1) is 0 Å². The summed E-state index contributed by atoms with van der Waals surface area (Å²) in [6.07, 6.45) is -0.431. The number of rotatable bonds is 5. The molecule has 0 radical (unpaired) electrons. The van der Waals surface area contributed by atoms with Crippen molar-refractivity contribution >= 4 is 23.1 Å². The molecule has 0 saturated heterocycles. The van der Waals surface area contributed by atoms with Crippen molar-refractivity contribution in [2.45, 2.75) is 20.1 Å². The molecule has 0 bridgehead atoms. The lowest BCUT2D eigenvalue weighted by molar-refractivity contribution is -0.156. The SMILES string of the molecule is CCOC(CO)OCC.[MgH2]. The van der Waals surface area contributed by atoms with E-state index in [1.54, 1.807) is 0 Å². The Kier molecular flexibility index (Phi) is 12.8. The van der Waals surface area contributed by atoms with Gasteiger partial charge in [-0.2, -0.15) is 0 Å². The van der Waals surface area contributed by atoms with Gasteiger partial charge in [0.2, 0.25) is 0 Å². The molecule has 0 fully saturated rings. The Labute approximate surface area is 77.9 Å². The molecule has 0 rings (SSSR count).